The molecule has 0 unspecified atom stereocenters. The largest absolute Gasteiger partial charge is 0.447 e. The van der Waals surface area contributed by atoms with Gasteiger partial charge in [0.05, 0.1) is 0 Å². The zero-order chi connectivity index (χ0) is 19.7. The fraction of sp³-hybridized carbons (Fsp3) is 0.750. The van der Waals surface area contributed by atoms with E-state index >= 15 is 0 Å². The Bertz CT molecular complexity index is 524. The summed E-state index contributed by atoms with van der Waals surface area (Å²) in [4.78, 5) is -3.65. The molecule has 0 radical (unpaired) electrons. The molecule has 1 aliphatic heterocycles. The molecule has 1 aliphatic rings. The van der Waals surface area contributed by atoms with Crippen LogP contribution in [0.4, 0.5) is 65.9 Å². The highest BCUT2D eigenvalue weighted by molar-refractivity contribution is 5.20. The van der Waals surface area contributed by atoms with E-state index in [1.165, 1.54) is 0 Å². The topological polar surface area (TPSA) is 3.24 Å². The summed E-state index contributed by atoms with van der Waals surface area (Å²) in [6.45, 7) is 0. The van der Waals surface area contributed by atoms with Crippen molar-refractivity contribution in [2.75, 3.05) is 0 Å². The Morgan fingerprint density at radius 3 is 1.12 bits per heavy atom. The van der Waals surface area contributed by atoms with Crippen molar-refractivity contribution in [2.45, 2.75) is 36.0 Å². The van der Waals surface area contributed by atoms with E-state index in [-0.39, 0.29) is 0 Å². The zero-order valence-electron chi connectivity index (χ0n) is 10.1. The first-order valence-corrected chi connectivity index (χ1v) is 5.01. The Balaban J connectivity index is 3.84. The molecule has 1 nitrogen and oxygen atoms in total. The van der Waals surface area contributed by atoms with E-state index in [1.54, 1.807) is 0 Å². The molecule has 0 aromatic carbocycles. The third-order valence-electron chi connectivity index (χ3n) is 2.73. The van der Waals surface area contributed by atoms with Gasteiger partial charge in [0.15, 0.2) is 0 Å². The van der Waals surface area contributed by atoms with Gasteiger partial charge in [-0.2, -0.15) is 65.9 Å². The second-order valence-electron chi connectivity index (χ2n) is 4.24. The molecule has 1 saturated heterocycles. The van der Waals surface area contributed by atoms with Crippen LogP contribution < -0.4 is 0 Å². The maximum Gasteiger partial charge on any atom is 0.447 e. The minimum atomic E-state index is -7.53. The number of alkyl halides is 13. The van der Waals surface area contributed by atoms with Crippen LogP contribution in [0, 0.1) is 0 Å². The summed E-state index contributed by atoms with van der Waals surface area (Å²) >= 11 is 0. The van der Waals surface area contributed by atoms with E-state index in [0.29, 0.717) is 0 Å². The summed E-state index contributed by atoms with van der Waals surface area (Å²) in [6, 6.07) is -14.7. The molecule has 0 atom stereocenters. The maximum absolute atomic E-state index is 13.1. The number of allylic oxidation sites excluding steroid dienone is 1. The van der Waals surface area contributed by atoms with Crippen molar-refractivity contribution < 1.29 is 65.9 Å². The lowest BCUT2D eigenvalue weighted by Gasteiger charge is -2.51. The van der Waals surface area contributed by atoms with Gasteiger partial charge in [0, 0.05) is 0 Å². The molecule has 0 spiro atoms. The molecule has 0 N–H and O–H groups in total. The predicted molar refractivity (Wildman–Crippen MR) is 41.9 cm³/mol. The lowest BCUT2D eigenvalue weighted by molar-refractivity contribution is -0.502. The number of piperidine rings is 1. The van der Waals surface area contributed by atoms with Crippen LogP contribution in [0.25, 0.3) is 0 Å². The molecule has 0 aromatic rings. The van der Waals surface area contributed by atoms with Crippen LogP contribution in [0.2, 0.25) is 0 Å². The number of nitrogens with zero attached hydrogens (tertiary/aromatic N) is 1. The average Bonchev–Trinajstić information content (AvgIpc) is 2.33. The van der Waals surface area contributed by atoms with Crippen molar-refractivity contribution in [3.05, 3.63) is 11.8 Å². The Morgan fingerprint density at radius 1 is 0.583 bits per heavy atom. The lowest BCUT2D eigenvalue weighted by Crippen LogP contribution is -2.81. The molecule has 1 rings (SSSR count). The Labute approximate surface area is 120 Å². The van der Waals surface area contributed by atoms with Gasteiger partial charge in [-0.15, -0.1) is 0 Å². The van der Waals surface area contributed by atoms with Crippen LogP contribution in [-0.4, -0.2) is 40.9 Å². The van der Waals surface area contributed by atoms with E-state index in [0.717, 1.165) is 0 Å². The van der Waals surface area contributed by atoms with E-state index in [2.05, 4.69) is 0 Å². The van der Waals surface area contributed by atoms with Crippen molar-refractivity contribution in [1.29, 1.82) is 0 Å². The second-order valence-corrected chi connectivity index (χ2v) is 4.24. The van der Waals surface area contributed by atoms with Gasteiger partial charge in [0.1, 0.15) is 0 Å². The number of halogens is 15. The number of hydrogen-bond donors (Lipinski definition) is 0. The summed E-state index contributed by atoms with van der Waals surface area (Å²) in [5.74, 6) is -31.7. The smallest absolute Gasteiger partial charge is 0.215 e. The van der Waals surface area contributed by atoms with E-state index in [4.69, 9.17) is 0 Å². The third-order valence-corrected chi connectivity index (χ3v) is 2.73. The van der Waals surface area contributed by atoms with E-state index < -0.39 is 52.7 Å². The van der Waals surface area contributed by atoms with Crippen molar-refractivity contribution >= 4 is 0 Å². The second kappa shape index (κ2) is 4.77. The molecule has 16 heteroatoms. The van der Waals surface area contributed by atoms with Gasteiger partial charge in [0.2, 0.25) is 5.95 Å². The van der Waals surface area contributed by atoms with Crippen LogP contribution >= 0.6 is 0 Å². The van der Waals surface area contributed by atoms with Gasteiger partial charge in [-0.1, -0.05) is 0 Å². The Kier molecular flexibility index (Phi) is 4.08. The van der Waals surface area contributed by atoms with Crippen LogP contribution in [0.1, 0.15) is 0 Å². The summed E-state index contributed by atoms with van der Waals surface area (Å²) in [6.07, 6.45) is -6.69. The van der Waals surface area contributed by atoms with Crippen molar-refractivity contribution in [2.24, 2.45) is 0 Å². The lowest BCUT2D eigenvalue weighted by atomic mass is 9.93. The standard InChI is InChI=1S/C8F15N/c9-1(3(11,12)13)2(10)24-7(20,21)5(16,17)4(14,15)6(18,19)8(24,22)23/b2-1-. The Hall–Kier alpha value is -1.51. The first-order valence-electron chi connectivity index (χ1n) is 5.01. The molecule has 0 aromatic heterocycles. The molecule has 142 valence electrons. The van der Waals surface area contributed by atoms with Gasteiger partial charge in [0.25, 0.3) is 5.83 Å². The summed E-state index contributed by atoms with van der Waals surface area (Å²) in [7, 11) is 0. The van der Waals surface area contributed by atoms with Gasteiger partial charge in [-0.25, -0.2) is 4.90 Å². The molecular formula is C8F15N. The number of hydrogen-bond acceptors (Lipinski definition) is 1. The van der Waals surface area contributed by atoms with Gasteiger partial charge >= 0.3 is 36.0 Å². The molecule has 24 heavy (non-hydrogen) atoms. The highest BCUT2D eigenvalue weighted by Gasteiger charge is 2.95. The van der Waals surface area contributed by atoms with Crippen molar-refractivity contribution in [3.63, 3.8) is 0 Å². The average molecular weight is 395 g/mol. The van der Waals surface area contributed by atoms with Crippen LogP contribution in [0.15, 0.2) is 11.8 Å². The van der Waals surface area contributed by atoms with Gasteiger partial charge < -0.3 is 0 Å². The van der Waals surface area contributed by atoms with Crippen LogP contribution in [-0.2, 0) is 0 Å². The van der Waals surface area contributed by atoms with Crippen molar-refractivity contribution in [1.82, 2.24) is 4.90 Å². The first kappa shape index (κ1) is 20.5. The maximum atomic E-state index is 13.1. The van der Waals surface area contributed by atoms with Gasteiger partial charge in [-0.05, 0) is 0 Å². The summed E-state index contributed by atoms with van der Waals surface area (Å²) < 4.78 is 190. The van der Waals surface area contributed by atoms with E-state index in [1.807, 2.05) is 0 Å². The van der Waals surface area contributed by atoms with Crippen molar-refractivity contribution in [3.8, 4) is 0 Å². The fourth-order valence-corrected chi connectivity index (χ4v) is 1.49. The first-order chi connectivity index (χ1) is 10.2. The highest BCUT2D eigenvalue weighted by Crippen LogP contribution is 2.65. The minimum absolute atomic E-state index is 3.65. The zero-order valence-corrected chi connectivity index (χ0v) is 10.1. The third kappa shape index (κ3) is 2.13. The number of likely N-dealkylation sites (tertiary alicyclic amines) is 1. The molecule has 1 heterocycles. The quantitative estimate of drug-likeness (QED) is 0.443. The monoisotopic (exact) mass is 395 g/mol. The van der Waals surface area contributed by atoms with E-state index in [9.17, 15) is 65.9 Å². The molecule has 0 bridgehead atoms. The predicted octanol–water partition coefficient (Wildman–Crippen LogP) is 5.06. The minimum Gasteiger partial charge on any atom is -0.215 e. The normalized spacial score (nSPS) is 28.4. The fourth-order valence-electron chi connectivity index (χ4n) is 1.49. The Morgan fingerprint density at radius 2 is 0.875 bits per heavy atom. The number of rotatable bonds is 1. The summed E-state index contributed by atoms with van der Waals surface area (Å²) in [5, 5.41) is 0. The van der Waals surface area contributed by atoms with Gasteiger partial charge in [-0.3, -0.25) is 0 Å². The molecule has 0 saturated carbocycles. The van der Waals surface area contributed by atoms with Crippen LogP contribution in [0.5, 0.6) is 0 Å². The molecule has 1 fully saturated rings. The molecular weight excluding hydrogens is 395 g/mol. The molecule has 0 aliphatic carbocycles. The van der Waals surface area contributed by atoms with Crippen LogP contribution in [0.3, 0.4) is 0 Å². The summed E-state index contributed by atoms with van der Waals surface area (Å²) in [5.41, 5.74) is 0. The molecule has 0 amide bonds. The highest BCUT2D eigenvalue weighted by atomic mass is 19.4. The SMILES string of the molecule is F/C(=C(/F)C(F)(F)F)N1C(F)(F)C(F)(F)C(F)(F)C(F)(F)C1(F)F.